The fourth-order valence-electron chi connectivity index (χ4n) is 3.28. The van der Waals surface area contributed by atoms with E-state index in [1.54, 1.807) is 50.7 Å². The molecule has 186 valence electrons. The lowest BCUT2D eigenvalue weighted by molar-refractivity contribution is -0.142. The normalized spacial score (nSPS) is 13.2. The third-order valence-electron chi connectivity index (χ3n) is 4.57. The molecule has 0 aliphatic rings. The molecule has 0 aromatic heterocycles. The van der Waals surface area contributed by atoms with Crippen molar-refractivity contribution >= 4 is 29.7 Å². The summed E-state index contributed by atoms with van der Waals surface area (Å²) in [5.74, 6) is -0.236. The van der Waals surface area contributed by atoms with Gasteiger partial charge in [0.1, 0.15) is 23.4 Å². The van der Waals surface area contributed by atoms with Crippen molar-refractivity contribution in [3.63, 3.8) is 0 Å². The zero-order valence-corrected chi connectivity index (χ0v) is 21.6. The molecule has 0 heterocycles. The second kappa shape index (κ2) is 13.3. The van der Waals surface area contributed by atoms with E-state index >= 15 is 0 Å². The number of nitrogens with one attached hydrogen (secondary N) is 2. The highest BCUT2D eigenvalue weighted by Crippen LogP contribution is 2.30. The Morgan fingerprint density at radius 2 is 1.79 bits per heavy atom. The number of para-hydroxylation sites is 1. The van der Waals surface area contributed by atoms with Crippen molar-refractivity contribution in [1.29, 1.82) is 0 Å². The Morgan fingerprint density at radius 1 is 1.15 bits per heavy atom. The van der Waals surface area contributed by atoms with Crippen LogP contribution in [0.4, 0.5) is 4.79 Å². The van der Waals surface area contributed by atoms with Gasteiger partial charge in [0.05, 0.1) is 0 Å². The van der Waals surface area contributed by atoms with Crippen molar-refractivity contribution in [1.82, 2.24) is 15.5 Å². The van der Waals surface area contributed by atoms with Gasteiger partial charge in [0.2, 0.25) is 11.8 Å². The van der Waals surface area contributed by atoms with Crippen LogP contribution in [-0.4, -0.2) is 64.2 Å². The first-order valence-electron chi connectivity index (χ1n) is 11.3. The smallest absolute Gasteiger partial charge is 0.408 e. The Kier molecular flexibility index (Phi) is 11.6. The lowest BCUT2D eigenvalue weighted by atomic mass is 10.0. The summed E-state index contributed by atoms with van der Waals surface area (Å²) in [5, 5.41) is 16.0. The standard InChI is InChI=1S/C24H39N3O5S/c1-8-14-27(20(21(29)25-16(2)3)17-11-9-10-12-19(17)28)22(30)18(13-15-33-7)26-23(31)32-24(4,5)6/h9-12,16,18,20,28H,8,13-15H2,1-7H3,(H,25,29)(H,26,31). The molecule has 3 amide bonds. The number of carbonyl (C=O) groups is 3. The van der Waals surface area contributed by atoms with E-state index in [-0.39, 0.29) is 18.3 Å². The second-order valence-corrected chi connectivity index (χ2v) is 10.1. The lowest BCUT2D eigenvalue weighted by Gasteiger charge is -2.35. The molecule has 0 radical (unpaired) electrons. The minimum Gasteiger partial charge on any atom is -0.508 e. The highest BCUT2D eigenvalue weighted by molar-refractivity contribution is 7.98. The number of phenolic OH excluding ortho intramolecular Hbond substituents is 1. The van der Waals surface area contributed by atoms with E-state index in [4.69, 9.17) is 4.74 Å². The molecular formula is C24H39N3O5S. The van der Waals surface area contributed by atoms with Gasteiger partial charge < -0.3 is 25.4 Å². The highest BCUT2D eigenvalue weighted by Gasteiger charge is 2.37. The van der Waals surface area contributed by atoms with E-state index < -0.39 is 35.6 Å². The number of amides is 3. The van der Waals surface area contributed by atoms with Gasteiger partial charge >= 0.3 is 6.09 Å². The van der Waals surface area contributed by atoms with Crippen molar-refractivity contribution in [2.75, 3.05) is 18.6 Å². The number of phenols is 1. The van der Waals surface area contributed by atoms with Crippen LogP contribution in [0.2, 0.25) is 0 Å². The molecule has 0 aliphatic carbocycles. The van der Waals surface area contributed by atoms with Crippen molar-refractivity contribution in [3.8, 4) is 5.75 Å². The first kappa shape index (κ1) is 28.6. The molecule has 3 N–H and O–H groups in total. The predicted molar refractivity (Wildman–Crippen MR) is 132 cm³/mol. The fraction of sp³-hybridized carbons (Fsp3) is 0.625. The number of aromatic hydroxyl groups is 1. The van der Waals surface area contributed by atoms with Crippen LogP contribution in [0.3, 0.4) is 0 Å². The van der Waals surface area contributed by atoms with E-state index in [2.05, 4.69) is 10.6 Å². The van der Waals surface area contributed by atoms with E-state index in [0.717, 1.165) is 0 Å². The number of nitrogens with zero attached hydrogens (tertiary/aromatic N) is 1. The van der Waals surface area contributed by atoms with Crippen LogP contribution in [-0.2, 0) is 14.3 Å². The van der Waals surface area contributed by atoms with Gasteiger partial charge in [-0.05, 0) is 65.5 Å². The Labute approximate surface area is 201 Å². The molecule has 1 rings (SSSR count). The Bertz CT molecular complexity index is 795. The van der Waals surface area contributed by atoms with E-state index in [9.17, 15) is 19.5 Å². The lowest BCUT2D eigenvalue weighted by Crippen LogP contribution is -2.53. The Balaban J connectivity index is 3.39. The Hall–Kier alpha value is -2.42. The number of ether oxygens (including phenoxy) is 1. The molecule has 2 unspecified atom stereocenters. The summed E-state index contributed by atoms with van der Waals surface area (Å²) in [5.41, 5.74) is -0.381. The molecule has 0 saturated carbocycles. The van der Waals surface area contributed by atoms with Crippen LogP contribution in [0.25, 0.3) is 0 Å². The molecule has 0 spiro atoms. The molecule has 0 fully saturated rings. The fourth-order valence-corrected chi connectivity index (χ4v) is 3.75. The van der Waals surface area contributed by atoms with Crippen molar-refractivity contribution < 1.29 is 24.2 Å². The van der Waals surface area contributed by atoms with Gasteiger partial charge in [0, 0.05) is 18.2 Å². The summed E-state index contributed by atoms with van der Waals surface area (Å²) in [7, 11) is 0. The van der Waals surface area contributed by atoms with Crippen molar-refractivity contribution in [2.45, 2.75) is 78.1 Å². The van der Waals surface area contributed by atoms with E-state index in [1.165, 1.54) is 11.0 Å². The maximum atomic E-state index is 13.7. The SMILES string of the molecule is CCCN(C(=O)C(CCSC)NC(=O)OC(C)(C)C)C(C(=O)NC(C)C)c1ccccc1O. The third-order valence-corrected chi connectivity index (χ3v) is 5.21. The molecule has 0 aliphatic heterocycles. The van der Waals surface area contributed by atoms with Crippen molar-refractivity contribution in [3.05, 3.63) is 29.8 Å². The molecule has 0 bridgehead atoms. The average molecular weight is 482 g/mol. The maximum Gasteiger partial charge on any atom is 0.408 e. The number of thioether (sulfide) groups is 1. The zero-order chi connectivity index (χ0) is 25.2. The van der Waals surface area contributed by atoms with Gasteiger partial charge in [-0.1, -0.05) is 25.1 Å². The van der Waals surface area contributed by atoms with Crippen LogP contribution in [0.1, 0.15) is 66.0 Å². The first-order valence-corrected chi connectivity index (χ1v) is 12.7. The summed E-state index contributed by atoms with van der Waals surface area (Å²) in [6.07, 6.45) is 2.19. The number of rotatable bonds is 11. The molecule has 33 heavy (non-hydrogen) atoms. The summed E-state index contributed by atoms with van der Waals surface area (Å²) >= 11 is 1.55. The third kappa shape index (κ3) is 9.53. The minimum atomic E-state index is -1.04. The van der Waals surface area contributed by atoms with Crippen LogP contribution in [0.5, 0.6) is 5.75 Å². The molecule has 2 atom stereocenters. The quantitative estimate of drug-likeness (QED) is 0.443. The number of benzene rings is 1. The molecule has 1 aromatic carbocycles. The van der Waals surface area contributed by atoms with Gasteiger partial charge in [-0.25, -0.2) is 4.79 Å². The highest BCUT2D eigenvalue weighted by atomic mass is 32.2. The number of hydrogen-bond acceptors (Lipinski definition) is 6. The molecule has 8 nitrogen and oxygen atoms in total. The summed E-state index contributed by atoms with van der Waals surface area (Å²) < 4.78 is 5.36. The van der Waals surface area contributed by atoms with E-state index in [1.807, 2.05) is 27.0 Å². The first-order chi connectivity index (χ1) is 15.4. The van der Waals surface area contributed by atoms with Gasteiger partial charge in [0.25, 0.3) is 0 Å². The van der Waals surface area contributed by atoms with Gasteiger partial charge in [0.15, 0.2) is 0 Å². The van der Waals surface area contributed by atoms with Crippen LogP contribution in [0, 0.1) is 0 Å². The monoisotopic (exact) mass is 481 g/mol. The Morgan fingerprint density at radius 3 is 2.30 bits per heavy atom. The largest absolute Gasteiger partial charge is 0.508 e. The molecule has 9 heteroatoms. The molecular weight excluding hydrogens is 442 g/mol. The summed E-state index contributed by atoms with van der Waals surface area (Å²) in [6, 6.07) is 4.42. The van der Waals surface area contributed by atoms with Gasteiger partial charge in [-0.15, -0.1) is 0 Å². The van der Waals surface area contributed by atoms with Crippen LogP contribution >= 0.6 is 11.8 Å². The average Bonchev–Trinajstić information content (AvgIpc) is 2.69. The topological polar surface area (TPSA) is 108 Å². The van der Waals surface area contributed by atoms with Crippen LogP contribution < -0.4 is 10.6 Å². The minimum absolute atomic E-state index is 0.0731. The molecule has 1 aromatic rings. The number of alkyl carbamates (subject to hydrolysis) is 1. The second-order valence-electron chi connectivity index (χ2n) is 9.14. The van der Waals surface area contributed by atoms with E-state index in [0.29, 0.717) is 24.2 Å². The number of carbonyl (C=O) groups excluding carboxylic acids is 3. The van der Waals surface area contributed by atoms with Crippen LogP contribution in [0.15, 0.2) is 24.3 Å². The van der Waals surface area contributed by atoms with Gasteiger partial charge in [-0.3, -0.25) is 9.59 Å². The van der Waals surface area contributed by atoms with Crippen molar-refractivity contribution in [2.24, 2.45) is 0 Å². The summed E-state index contributed by atoms with van der Waals surface area (Å²) in [4.78, 5) is 40.9. The zero-order valence-electron chi connectivity index (χ0n) is 20.8. The number of hydrogen-bond donors (Lipinski definition) is 3. The molecule has 0 saturated heterocycles. The predicted octanol–water partition coefficient (Wildman–Crippen LogP) is 3.84. The summed E-state index contributed by atoms with van der Waals surface area (Å²) in [6.45, 7) is 11.1. The van der Waals surface area contributed by atoms with Gasteiger partial charge in [-0.2, -0.15) is 11.8 Å². The maximum absolute atomic E-state index is 13.7.